The lowest BCUT2D eigenvalue weighted by Gasteiger charge is -2.17. The predicted molar refractivity (Wildman–Crippen MR) is 117 cm³/mol. The van der Waals surface area contributed by atoms with Crippen LogP contribution in [0.2, 0.25) is 0 Å². The molecule has 1 heterocycles. The van der Waals surface area contributed by atoms with Crippen LogP contribution in [0, 0.1) is 17.5 Å². The number of Topliss-reactive ketones (excluding diaryl/α,β-unsaturated/α-hetero) is 1. The van der Waals surface area contributed by atoms with E-state index in [9.17, 15) is 41.0 Å². The quantitative estimate of drug-likeness (QED) is 0.112. The number of carbonyl (C=O) groups is 2. The number of rotatable bonds is 9. The Balaban J connectivity index is 1.95. The third kappa shape index (κ3) is 6.36. The molecule has 3 rings (SSSR count). The number of ether oxygens (including phenoxy) is 1. The third-order valence-electron chi connectivity index (χ3n) is 5.53. The highest BCUT2D eigenvalue weighted by atomic mass is 19.4. The summed E-state index contributed by atoms with van der Waals surface area (Å²) in [7, 11) is 0. The van der Waals surface area contributed by atoms with E-state index >= 15 is 0 Å². The predicted octanol–water partition coefficient (Wildman–Crippen LogP) is 5.64. The monoisotopic (exact) mass is 516 g/mol. The molecule has 0 spiro atoms. The van der Waals surface area contributed by atoms with Gasteiger partial charge in [-0.15, -0.1) is 13.2 Å². The van der Waals surface area contributed by atoms with Gasteiger partial charge in [0.2, 0.25) is 17.3 Å². The highest BCUT2D eigenvalue weighted by Gasteiger charge is 2.37. The molecule has 2 aromatic carbocycles. The topological polar surface area (TPSA) is 78.9 Å². The van der Waals surface area contributed by atoms with Crippen LogP contribution in [-0.4, -0.2) is 41.2 Å². The Morgan fingerprint density at radius 1 is 1.06 bits per heavy atom. The van der Waals surface area contributed by atoms with Gasteiger partial charge in [0.15, 0.2) is 11.6 Å². The number of likely N-dealkylation sites (tertiary alicyclic amines) is 1. The SMILES string of the molecule is CCC(Nc1ccc(CN2CCCC2)cc1)=C(C(=O)O)C(=O)c1cc(F)c(F)c(OC(F)(F)F)c1F. The molecular weight excluding hydrogens is 494 g/mol. The zero-order chi connectivity index (χ0) is 26.6. The Bertz CT molecular complexity index is 1170. The highest BCUT2D eigenvalue weighted by Crippen LogP contribution is 2.33. The number of carbonyl (C=O) groups excluding carboxylic acids is 1. The van der Waals surface area contributed by atoms with Crippen LogP contribution in [0.3, 0.4) is 0 Å². The molecule has 0 bridgehead atoms. The van der Waals surface area contributed by atoms with Crippen LogP contribution in [-0.2, 0) is 11.3 Å². The second-order valence-corrected chi connectivity index (χ2v) is 8.06. The number of carboxylic acids is 1. The van der Waals surface area contributed by atoms with Crippen LogP contribution in [0.15, 0.2) is 41.6 Å². The number of nitrogens with one attached hydrogen (secondary N) is 1. The first kappa shape index (κ1) is 27.1. The number of aliphatic carboxylic acids is 1. The smallest absolute Gasteiger partial charge is 0.477 e. The van der Waals surface area contributed by atoms with Gasteiger partial charge in [0.05, 0.1) is 5.56 Å². The van der Waals surface area contributed by atoms with Gasteiger partial charge in [0, 0.05) is 17.9 Å². The first-order valence-electron chi connectivity index (χ1n) is 10.9. The molecule has 2 aromatic rings. The van der Waals surface area contributed by atoms with Gasteiger partial charge in [-0.25, -0.2) is 13.6 Å². The number of halogens is 6. The van der Waals surface area contributed by atoms with Crippen LogP contribution in [0.25, 0.3) is 0 Å². The van der Waals surface area contributed by atoms with Crippen LogP contribution in [0.5, 0.6) is 5.75 Å². The van der Waals surface area contributed by atoms with Crippen molar-refractivity contribution in [3.63, 3.8) is 0 Å². The summed E-state index contributed by atoms with van der Waals surface area (Å²) in [5.74, 6) is -12.2. The molecule has 0 saturated carbocycles. The molecule has 1 fully saturated rings. The summed E-state index contributed by atoms with van der Waals surface area (Å²) in [6.45, 7) is 4.18. The number of nitrogens with zero attached hydrogens (tertiary/aromatic N) is 1. The van der Waals surface area contributed by atoms with Gasteiger partial charge in [-0.1, -0.05) is 19.1 Å². The normalized spacial score (nSPS) is 15.0. The van der Waals surface area contributed by atoms with Crippen molar-refractivity contribution < 1.29 is 45.8 Å². The maximum absolute atomic E-state index is 14.6. The van der Waals surface area contributed by atoms with Gasteiger partial charge >= 0.3 is 12.3 Å². The van der Waals surface area contributed by atoms with Crippen molar-refractivity contribution in [3.05, 3.63) is 70.2 Å². The molecule has 36 heavy (non-hydrogen) atoms. The minimum absolute atomic E-state index is 0.0143. The Labute approximate surface area is 202 Å². The van der Waals surface area contributed by atoms with Crippen molar-refractivity contribution in [1.82, 2.24) is 4.90 Å². The second-order valence-electron chi connectivity index (χ2n) is 8.06. The molecule has 0 aromatic heterocycles. The number of carboxylic acid groups (broad SMARTS) is 1. The molecule has 1 saturated heterocycles. The van der Waals surface area contributed by atoms with Crippen molar-refractivity contribution in [2.24, 2.45) is 0 Å². The molecule has 12 heteroatoms. The van der Waals surface area contributed by atoms with E-state index in [0.717, 1.165) is 38.0 Å². The summed E-state index contributed by atoms with van der Waals surface area (Å²) < 4.78 is 83.1. The van der Waals surface area contributed by atoms with E-state index in [1.807, 2.05) is 0 Å². The molecule has 0 amide bonds. The molecule has 6 nitrogen and oxygen atoms in total. The Morgan fingerprint density at radius 3 is 2.19 bits per heavy atom. The fraction of sp³-hybridized carbons (Fsp3) is 0.333. The maximum Gasteiger partial charge on any atom is 0.573 e. The zero-order valence-electron chi connectivity index (χ0n) is 19.0. The van der Waals surface area contributed by atoms with Crippen LogP contribution in [0.4, 0.5) is 32.0 Å². The lowest BCUT2D eigenvalue weighted by molar-refractivity contribution is -0.276. The largest absolute Gasteiger partial charge is 0.573 e. The van der Waals surface area contributed by atoms with E-state index in [4.69, 9.17) is 0 Å². The minimum atomic E-state index is -5.60. The van der Waals surface area contributed by atoms with Crippen molar-refractivity contribution in [1.29, 1.82) is 0 Å². The fourth-order valence-electron chi connectivity index (χ4n) is 3.84. The lowest BCUT2D eigenvalue weighted by Crippen LogP contribution is -2.23. The molecule has 0 aliphatic carbocycles. The molecule has 194 valence electrons. The number of hydrogen-bond donors (Lipinski definition) is 2. The van der Waals surface area contributed by atoms with Gasteiger partial charge in [-0.3, -0.25) is 9.69 Å². The van der Waals surface area contributed by atoms with Gasteiger partial charge in [-0.05, 0) is 56.1 Å². The number of alkyl halides is 3. The molecule has 0 unspecified atom stereocenters. The summed E-state index contributed by atoms with van der Waals surface area (Å²) in [4.78, 5) is 27.1. The van der Waals surface area contributed by atoms with Gasteiger partial charge < -0.3 is 15.2 Å². The summed E-state index contributed by atoms with van der Waals surface area (Å²) in [5, 5.41) is 12.4. The highest BCUT2D eigenvalue weighted by molar-refractivity contribution is 6.24. The number of allylic oxidation sites excluding steroid dienone is 1. The standard InChI is InChI=1S/C24H22F6N2O4/c1-2-17(31-14-7-5-13(6-8-14)12-32-9-3-4-10-32)18(23(34)35)21(33)15-11-16(25)20(27)22(19(15)26)36-24(28,29)30/h5-8,11,31H,2-4,9-10,12H2,1H3,(H,34,35). The Kier molecular flexibility index (Phi) is 8.28. The summed E-state index contributed by atoms with van der Waals surface area (Å²) in [6, 6.07) is 6.86. The number of ketones is 1. The fourth-order valence-corrected chi connectivity index (χ4v) is 3.84. The van der Waals surface area contributed by atoms with E-state index in [1.165, 1.54) is 6.92 Å². The lowest BCUT2D eigenvalue weighted by atomic mass is 9.99. The van der Waals surface area contributed by atoms with E-state index < -0.39 is 52.5 Å². The van der Waals surface area contributed by atoms with Gasteiger partial charge in [0.25, 0.3) is 0 Å². The number of anilines is 1. The van der Waals surface area contributed by atoms with Gasteiger partial charge in [0.1, 0.15) is 5.57 Å². The van der Waals surface area contributed by atoms with Gasteiger partial charge in [-0.2, -0.15) is 4.39 Å². The van der Waals surface area contributed by atoms with Crippen molar-refractivity contribution in [2.75, 3.05) is 18.4 Å². The van der Waals surface area contributed by atoms with Crippen LogP contribution < -0.4 is 10.1 Å². The number of benzene rings is 2. The van der Waals surface area contributed by atoms with E-state index in [2.05, 4.69) is 15.0 Å². The Morgan fingerprint density at radius 2 is 1.67 bits per heavy atom. The molecule has 1 aliphatic rings. The summed E-state index contributed by atoms with van der Waals surface area (Å²) in [5.41, 5.74) is -1.32. The average Bonchev–Trinajstić information content (AvgIpc) is 3.32. The average molecular weight is 516 g/mol. The minimum Gasteiger partial charge on any atom is -0.477 e. The van der Waals surface area contributed by atoms with Crippen LogP contribution >= 0.6 is 0 Å². The molecule has 0 radical (unpaired) electrons. The second kappa shape index (κ2) is 11.0. The molecule has 0 atom stereocenters. The third-order valence-corrected chi connectivity index (χ3v) is 5.53. The maximum atomic E-state index is 14.6. The molecular formula is C24H22F6N2O4. The van der Waals surface area contributed by atoms with Crippen molar-refractivity contribution >= 4 is 17.4 Å². The van der Waals surface area contributed by atoms with Crippen molar-refractivity contribution in [3.8, 4) is 5.75 Å². The van der Waals surface area contributed by atoms with E-state index in [-0.39, 0.29) is 18.2 Å². The first-order valence-corrected chi connectivity index (χ1v) is 10.9. The van der Waals surface area contributed by atoms with E-state index in [1.54, 1.807) is 24.3 Å². The molecule has 2 N–H and O–H groups in total. The van der Waals surface area contributed by atoms with E-state index in [0.29, 0.717) is 5.69 Å². The summed E-state index contributed by atoms with van der Waals surface area (Å²) >= 11 is 0. The van der Waals surface area contributed by atoms with Crippen LogP contribution in [0.1, 0.15) is 42.1 Å². The first-order chi connectivity index (χ1) is 16.9. The Hall–Kier alpha value is -3.54. The summed E-state index contributed by atoms with van der Waals surface area (Å²) in [6.07, 6.45) is -3.45. The number of hydrogen-bond acceptors (Lipinski definition) is 5. The molecule has 1 aliphatic heterocycles. The van der Waals surface area contributed by atoms with Crippen molar-refractivity contribution in [2.45, 2.75) is 39.1 Å². The zero-order valence-corrected chi connectivity index (χ0v) is 19.0.